The first-order valence-electron chi connectivity index (χ1n) is 4.99. The third-order valence-electron chi connectivity index (χ3n) is 2.06. The van der Waals surface area contributed by atoms with Crippen LogP contribution in [-0.2, 0) is 16.3 Å². The quantitative estimate of drug-likeness (QED) is 0.816. The Balaban J connectivity index is 2.50. The lowest BCUT2D eigenvalue weighted by atomic mass is 10.2. The van der Waals surface area contributed by atoms with Gasteiger partial charge in [-0.05, 0) is 18.9 Å². The summed E-state index contributed by atoms with van der Waals surface area (Å²) in [6.07, 6.45) is 0.565. The molecule has 0 bridgehead atoms. The van der Waals surface area contributed by atoms with Crippen LogP contribution in [0, 0.1) is 0 Å². The average molecular weight is 227 g/mol. The van der Waals surface area contributed by atoms with Crippen LogP contribution in [-0.4, -0.2) is 26.0 Å². The summed E-state index contributed by atoms with van der Waals surface area (Å²) in [6.45, 7) is 1.71. The van der Waals surface area contributed by atoms with E-state index in [2.05, 4.69) is 0 Å². The summed E-state index contributed by atoms with van der Waals surface area (Å²) in [6, 6.07) is 9.31. The highest BCUT2D eigenvalue weighted by molar-refractivity contribution is 7.91. The van der Waals surface area contributed by atoms with E-state index in [1.165, 1.54) is 0 Å². The molecule has 0 radical (unpaired) electrons. The first kappa shape index (κ1) is 12.2. The van der Waals surface area contributed by atoms with E-state index >= 15 is 0 Å². The molecule has 0 aliphatic carbocycles. The number of hydrogen-bond acceptors (Lipinski definition) is 3. The van der Waals surface area contributed by atoms with Crippen LogP contribution in [0.25, 0.3) is 0 Å². The van der Waals surface area contributed by atoms with Gasteiger partial charge in [-0.1, -0.05) is 30.3 Å². The van der Waals surface area contributed by atoms with Gasteiger partial charge in [0.1, 0.15) is 0 Å². The van der Waals surface area contributed by atoms with E-state index in [-0.39, 0.29) is 17.5 Å². The van der Waals surface area contributed by atoms with Crippen LogP contribution in [0.15, 0.2) is 30.3 Å². The second-order valence-electron chi connectivity index (χ2n) is 3.83. The Morgan fingerprint density at radius 2 is 1.87 bits per heavy atom. The maximum atomic E-state index is 11.5. The molecule has 1 rings (SSSR count). The predicted octanol–water partition coefficient (Wildman–Crippen LogP) is 0.991. The second-order valence-corrected chi connectivity index (χ2v) is 6.06. The highest BCUT2D eigenvalue weighted by atomic mass is 32.2. The van der Waals surface area contributed by atoms with E-state index in [4.69, 9.17) is 5.73 Å². The van der Waals surface area contributed by atoms with Gasteiger partial charge in [0.2, 0.25) is 0 Å². The van der Waals surface area contributed by atoms with Gasteiger partial charge in [-0.15, -0.1) is 0 Å². The molecule has 0 amide bonds. The number of sulfone groups is 1. The van der Waals surface area contributed by atoms with Crippen molar-refractivity contribution in [2.75, 3.05) is 11.5 Å². The fourth-order valence-electron chi connectivity index (χ4n) is 1.40. The molecule has 0 saturated heterocycles. The van der Waals surface area contributed by atoms with Gasteiger partial charge >= 0.3 is 0 Å². The van der Waals surface area contributed by atoms with Crippen molar-refractivity contribution in [3.8, 4) is 0 Å². The van der Waals surface area contributed by atoms with Crippen LogP contribution in [0.3, 0.4) is 0 Å². The van der Waals surface area contributed by atoms with E-state index in [0.29, 0.717) is 6.42 Å². The summed E-state index contributed by atoms with van der Waals surface area (Å²) >= 11 is 0. The molecule has 1 unspecified atom stereocenters. The molecule has 0 fully saturated rings. The Kier molecular flexibility index (Phi) is 4.29. The summed E-state index contributed by atoms with van der Waals surface area (Å²) in [5.41, 5.74) is 6.52. The molecule has 0 aliphatic heterocycles. The van der Waals surface area contributed by atoms with E-state index in [1.54, 1.807) is 6.92 Å². The van der Waals surface area contributed by atoms with Crippen LogP contribution in [0.1, 0.15) is 12.5 Å². The van der Waals surface area contributed by atoms with E-state index in [1.807, 2.05) is 30.3 Å². The lowest BCUT2D eigenvalue weighted by Crippen LogP contribution is -2.28. The minimum Gasteiger partial charge on any atom is -0.327 e. The molecular weight excluding hydrogens is 210 g/mol. The predicted molar refractivity (Wildman–Crippen MR) is 62.4 cm³/mol. The molecule has 84 valence electrons. The van der Waals surface area contributed by atoms with Gasteiger partial charge < -0.3 is 5.73 Å². The SMILES string of the molecule is CC(N)CS(=O)(=O)CCc1ccccc1. The third-order valence-corrected chi connectivity index (χ3v) is 3.92. The zero-order valence-corrected chi connectivity index (χ0v) is 9.70. The number of benzene rings is 1. The van der Waals surface area contributed by atoms with Crippen molar-refractivity contribution in [3.63, 3.8) is 0 Å². The molecule has 1 aromatic carbocycles. The van der Waals surface area contributed by atoms with Gasteiger partial charge in [-0.25, -0.2) is 8.42 Å². The topological polar surface area (TPSA) is 60.2 Å². The van der Waals surface area contributed by atoms with E-state index < -0.39 is 9.84 Å². The molecule has 0 saturated carbocycles. The Morgan fingerprint density at radius 3 is 2.40 bits per heavy atom. The average Bonchev–Trinajstić information content (AvgIpc) is 2.15. The smallest absolute Gasteiger partial charge is 0.152 e. The summed E-state index contributed by atoms with van der Waals surface area (Å²) in [5.74, 6) is 0.248. The largest absolute Gasteiger partial charge is 0.327 e. The van der Waals surface area contributed by atoms with Crippen molar-refractivity contribution in [2.45, 2.75) is 19.4 Å². The summed E-state index contributed by atoms with van der Waals surface area (Å²) in [5, 5.41) is 0. The van der Waals surface area contributed by atoms with Crippen LogP contribution < -0.4 is 5.73 Å². The van der Waals surface area contributed by atoms with Crippen LogP contribution >= 0.6 is 0 Å². The van der Waals surface area contributed by atoms with Gasteiger partial charge in [-0.3, -0.25) is 0 Å². The monoisotopic (exact) mass is 227 g/mol. The molecule has 0 aromatic heterocycles. The maximum absolute atomic E-state index is 11.5. The number of aryl methyl sites for hydroxylation is 1. The molecule has 1 aromatic rings. The minimum atomic E-state index is -3.00. The second kappa shape index (κ2) is 5.28. The zero-order chi connectivity index (χ0) is 11.3. The van der Waals surface area contributed by atoms with Gasteiger partial charge in [0.15, 0.2) is 9.84 Å². The lowest BCUT2D eigenvalue weighted by Gasteiger charge is -2.06. The first-order valence-corrected chi connectivity index (χ1v) is 6.82. The molecule has 3 nitrogen and oxygen atoms in total. The number of hydrogen-bond donors (Lipinski definition) is 1. The Labute approximate surface area is 91.2 Å². The molecule has 4 heteroatoms. The number of nitrogens with two attached hydrogens (primary N) is 1. The zero-order valence-electron chi connectivity index (χ0n) is 8.89. The van der Waals surface area contributed by atoms with Crippen LogP contribution in [0.4, 0.5) is 0 Å². The normalized spacial score (nSPS) is 13.7. The van der Waals surface area contributed by atoms with Crippen LogP contribution in [0.5, 0.6) is 0 Å². The van der Waals surface area contributed by atoms with Gasteiger partial charge in [-0.2, -0.15) is 0 Å². The highest BCUT2D eigenvalue weighted by Gasteiger charge is 2.13. The Morgan fingerprint density at radius 1 is 1.27 bits per heavy atom. The van der Waals surface area contributed by atoms with E-state index in [9.17, 15) is 8.42 Å². The maximum Gasteiger partial charge on any atom is 0.152 e. The number of rotatable bonds is 5. The Hall–Kier alpha value is -0.870. The van der Waals surface area contributed by atoms with Crippen molar-refractivity contribution in [1.29, 1.82) is 0 Å². The molecule has 0 heterocycles. The van der Waals surface area contributed by atoms with Gasteiger partial charge in [0.05, 0.1) is 11.5 Å². The molecule has 15 heavy (non-hydrogen) atoms. The van der Waals surface area contributed by atoms with Crippen molar-refractivity contribution in [1.82, 2.24) is 0 Å². The molecule has 0 aliphatic rings. The van der Waals surface area contributed by atoms with Gasteiger partial charge in [0.25, 0.3) is 0 Å². The molecular formula is C11H17NO2S. The van der Waals surface area contributed by atoms with Crippen LogP contribution in [0.2, 0.25) is 0 Å². The lowest BCUT2D eigenvalue weighted by molar-refractivity contribution is 0.589. The van der Waals surface area contributed by atoms with Crippen molar-refractivity contribution < 1.29 is 8.42 Å². The van der Waals surface area contributed by atoms with Crippen molar-refractivity contribution in [2.24, 2.45) is 5.73 Å². The summed E-state index contributed by atoms with van der Waals surface area (Å²) in [7, 11) is -3.00. The minimum absolute atomic E-state index is 0.0693. The molecule has 2 N–H and O–H groups in total. The summed E-state index contributed by atoms with van der Waals surface area (Å²) in [4.78, 5) is 0. The third kappa shape index (κ3) is 4.95. The fraction of sp³-hybridized carbons (Fsp3) is 0.455. The van der Waals surface area contributed by atoms with Crippen molar-refractivity contribution >= 4 is 9.84 Å². The van der Waals surface area contributed by atoms with E-state index in [0.717, 1.165) is 5.56 Å². The molecule has 0 spiro atoms. The first-order chi connectivity index (χ1) is 6.99. The fourth-order valence-corrected chi connectivity index (χ4v) is 2.92. The van der Waals surface area contributed by atoms with Crippen molar-refractivity contribution in [3.05, 3.63) is 35.9 Å². The molecule has 1 atom stereocenters. The Bertz CT molecular complexity index is 384. The summed E-state index contributed by atoms with van der Waals surface area (Å²) < 4.78 is 23.1. The standard InChI is InChI=1S/C11H17NO2S/c1-10(12)9-15(13,14)8-7-11-5-3-2-4-6-11/h2-6,10H,7-9,12H2,1H3. The van der Waals surface area contributed by atoms with Gasteiger partial charge in [0, 0.05) is 6.04 Å². The highest BCUT2D eigenvalue weighted by Crippen LogP contribution is 2.03.